The minimum atomic E-state index is 0.263. The Bertz CT molecular complexity index is 581. The van der Waals surface area contributed by atoms with Gasteiger partial charge in [0.05, 0.1) is 11.6 Å². The first-order valence-corrected chi connectivity index (χ1v) is 6.81. The van der Waals surface area contributed by atoms with Crippen LogP contribution in [0.5, 0.6) is 0 Å². The van der Waals surface area contributed by atoms with Gasteiger partial charge in [0.2, 0.25) is 5.28 Å². The van der Waals surface area contributed by atoms with Crippen molar-refractivity contribution in [1.82, 2.24) is 25.1 Å². The van der Waals surface area contributed by atoms with Crippen LogP contribution in [0.4, 0.5) is 5.82 Å². The summed E-state index contributed by atoms with van der Waals surface area (Å²) in [6.45, 7) is 1.96. The SMILES string of the molecule is CN(C)C1CCCN(c2nc(Cl)nc3[nH]ncc23)C1. The van der Waals surface area contributed by atoms with Gasteiger partial charge in [0.25, 0.3) is 0 Å². The van der Waals surface area contributed by atoms with Gasteiger partial charge in [0.15, 0.2) is 5.65 Å². The Kier molecular flexibility index (Phi) is 3.28. The molecule has 19 heavy (non-hydrogen) atoms. The fourth-order valence-electron chi connectivity index (χ4n) is 2.60. The molecule has 6 nitrogen and oxygen atoms in total. The molecule has 0 bridgehead atoms. The molecule has 0 saturated carbocycles. The highest BCUT2D eigenvalue weighted by atomic mass is 35.5. The molecule has 1 saturated heterocycles. The second-order valence-electron chi connectivity index (χ2n) is 5.15. The van der Waals surface area contributed by atoms with E-state index < -0.39 is 0 Å². The molecule has 1 fully saturated rings. The van der Waals surface area contributed by atoms with Crippen LogP contribution in [-0.2, 0) is 0 Å². The fourth-order valence-corrected chi connectivity index (χ4v) is 2.77. The van der Waals surface area contributed by atoms with Crippen molar-refractivity contribution in [3.05, 3.63) is 11.5 Å². The number of hydrogen-bond donors (Lipinski definition) is 1. The molecule has 1 aliphatic rings. The van der Waals surface area contributed by atoms with Crippen LogP contribution >= 0.6 is 11.6 Å². The summed E-state index contributed by atoms with van der Waals surface area (Å²) in [6.07, 6.45) is 4.14. The fraction of sp³-hybridized carbons (Fsp3) is 0.583. The Morgan fingerprint density at radius 3 is 3.05 bits per heavy atom. The first-order valence-electron chi connectivity index (χ1n) is 6.43. The summed E-state index contributed by atoms with van der Waals surface area (Å²) in [5.41, 5.74) is 0.696. The Morgan fingerprint density at radius 2 is 2.26 bits per heavy atom. The number of piperidine rings is 1. The highest BCUT2D eigenvalue weighted by Gasteiger charge is 2.24. The molecule has 0 radical (unpaired) electrons. The first kappa shape index (κ1) is 12.6. The van der Waals surface area contributed by atoms with Gasteiger partial charge in [0, 0.05) is 19.1 Å². The lowest BCUT2D eigenvalue weighted by Gasteiger charge is -2.36. The standard InChI is InChI=1S/C12H17ClN6/c1-18(2)8-4-3-5-19(7-8)11-9-6-14-17-10(9)15-12(13)16-11/h6,8H,3-5,7H2,1-2H3,(H,14,15,16,17). The van der Waals surface area contributed by atoms with E-state index in [4.69, 9.17) is 11.6 Å². The van der Waals surface area contributed by atoms with E-state index in [1.807, 2.05) is 0 Å². The summed E-state index contributed by atoms with van der Waals surface area (Å²) >= 11 is 5.99. The molecule has 0 spiro atoms. The van der Waals surface area contributed by atoms with E-state index in [1.165, 1.54) is 6.42 Å². The highest BCUT2D eigenvalue weighted by Crippen LogP contribution is 2.27. The molecule has 2 aromatic rings. The van der Waals surface area contributed by atoms with Gasteiger partial charge in [-0.15, -0.1) is 0 Å². The third-order valence-corrected chi connectivity index (χ3v) is 3.86. The maximum absolute atomic E-state index is 5.99. The van der Waals surface area contributed by atoms with Crippen LogP contribution in [0.3, 0.4) is 0 Å². The highest BCUT2D eigenvalue weighted by molar-refractivity contribution is 6.28. The van der Waals surface area contributed by atoms with Crippen LogP contribution < -0.4 is 4.90 Å². The summed E-state index contributed by atoms with van der Waals surface area (Å²) in [5, 5.41) is 8.08. The zero-order chi connectivity index (χ0) is 13.4. The number of likely N-dealkylation sites (N-methyl/N-ethyl adjacent to an activating group) is 1. The summed E-state index contributed by atoms with van der Waals surface area (Å²) < 4.78 is 0. The number of anilines is 1. The summed E-state index contributed by atoms with van der Waals surface area (Å²) in [7, 11) is 4.24. The van der Waals surface area contributed by atoms with Gasteiger partial charge in [-0.3, -0.25) is 5.10 Å². The number of rotatable bonds is 2. The normalized spacial score (nSPS) is 20.4. The van der Waals surface area contributed by atoms with Crippen molar-refractivity contribution >= 4 is 28.5 Å². The Balaban J connectivity index is 1.97. The van der Waals surface area contributed by atoms with Crippen molar-refractivity contribution in [3.63, 3.8) is 0 Å². The molecule has 0 amide bonds. The van der Waals surface area contributed by atoms with Gasteiger partial charge >= 0.3 is 0 Å². The zero-order valence-corrected chi connectivity index (χ0v) is 11.9. The number of halogens is 1. The Hall–Kier alpha value is -1.40. The molecule has 0 aliphatic carbocycles. The predicted octanol–water partition coefficient (Wildman–Crippen LogP) is 1.54. The minimum Gasteiger partial charge on any atom is -0.354 e. The van der Waals surface area contributed by atoms with Crippen molar-refractivity contribution in [2.45, 2.75) is 18.9 Å². The molecular weight excluding hydrogens is 264 g/mol. The van der Waals surface area contributed by atoms with Crippen molar-refractivity contribution in [2.24, 2.45) is 0 Å². The topological polar surface area (TPSA) is 60.9 Å². The van der Waals surface area contributed by atoms with Gasteiger partial charge in [-0.2, -0.15) is 15.1 Å². The third kappa shape index (κ3) is 2.37. The van der Waals surface area contributed by atoms with Crippen LogP contribution in [-0.4, -0.2) is 58.3 Å². The molecule has 7 heteroatoms. The number of hydrogen-bond acceptors (Lipinski definition) is 5. The van der Waals surface area contributed by atoms with Gasteiger partial charge in [0.1, 0.15) is 5.82 Å². The lowest BCUT2D eigenvalue weighted by Crippen LogP contribution is -2.45. The molecule has 1 atom stereocenters. The second kappa shape index (κ2) is 4.94. The number of aromatic amines is 1. The van der Waals surface area contributed by atoms with Crippen LogP contribution in [0.25, 0.3) is 11.0 Å². The van der Waals surface area contributed by atoms with E-state index in [2.05, 4.69) is 44.1 Å². The van der Waals surface area contributed by atoms with Crippen molar-refractivity contribution in [3.8, 4) is 0 Å². The van der Waals surface area contributed by atoms with Crippen molar-refractivity contribution < 1.29 is 0 Å². The lowest BCUT2D eigenvalue weighted by molar-refractivity contribution is 0.257. The second-order valence-corrected chi connectivity index (χ2v) is 5.49. The van der Waals surface area contributed by atoms with E-state index in [0.29, 0.717) is 11.7 Å². The van der Waals surface area contributed by atoms with Gasteiger partial charge in [-0.25, -0.2) is 0 Å². The summed E-state index contributed by atoms with van der Waals surface area (Å²) in [5.74, 6) is 0.885. The monoisotopic (exact) mass is 280 g/mol. The van der Waals surface area contributed by atoms with Crippen LogP contribution in [0.15, 0.2) is 6.20 Å². The Morgan fingerprint density at radius 1 is 1.42 bits per heavy atom. The van der Waals surface area contributed by atoms with Crippen LogP contribution in [0.2, 0.25) is 5.28 Å². The Labute approximate surface area is 116 Å². The summed E-state index contributed by atoms with van der Waals surface area (Å²) in [4.78, 5) is 13.1. The van der Waals surface area contributed by atoms with Gasteiger partial charge in [-0.05, 0) is 38.5 Å². The average molecular weight is 281 g/mol. The zero-order valence-electron chi connectivity index (χ0n) is 11.1. The molecule has 1 unspecified atom stereocenters. The maximum Gasteiger partial charge on any atom is 0.226 e. The third-order valence-electron chi connectivity index (χ3n) is 3.69. The van der Waals surface area contributed by atoms with E-state index in [1.54, 1.807) is 6.20 Å². The number of H-pyrrole nitrogens is 1. The van der Waals surface area contributed by atoms with Crippen LogP contribution in [0, 0.1) is 0 Å². The molecular formula is C12H17ClN6. The number of nitrogens with zero attached hydrogens (tertiary/aromatic N) is 5. The van der Waals surface area contributed by atoms with Crippen molar-refractivity contribution in [1.29, 1.82) is 0 Å². The number of nitrogens with one attached hydrogen (secondary N) is 1. The maximum atomic E-state index is 5.99. The molecule has 1 aliphatic heterocycles. The van der Waals surface area contributed by atoms with Gasteiger partial charge in [-0.1, -0.05) is 0 Å². The predicted molar refractivity (Wildman–Crippen MR) is 75.6 cm³/mol. The number of aromatic nitrogens is 4. The van der Waals surface area contributed by atoms with E-state index in [9.17, 15) is 0 Å². The first-order chi connectivity index (χ1) is 9.15. The van der Waals surface area contributed by atoms with E-state index in [-0.39, 0.29) is 5.28 Å². The number of fused-ring (bicyclic) bond motifs is 1. The smallest absolute Gasteiger partial charge is 0.226 e. The lowest BCUT2D eigenvalue weighted by atomic mass is 10.0. The van der Waals surface area contributed by atoms with Crippen molar-refractivity contribution in [2.75, 3.05) is 32.1 Å². The quantitative estimate of drug-likeness (QED) is 0.846. The molecule has 2 aromatic heterocycles. The van der Waals surface area contributed by atoms with Gasteiger partial charge < -0.3 is 9.80 Å². The van der Waals surface area contributed by atoms with Crippen LogP contribution in [0.1, 0.15) is 12.8 Å². The summed E-state index contributed by atoms with van der Waals surface area (Å²) in [6, 6.07) is 0.546. The largest absolute Gasteiger partial charge is 0.354 e. The molecule has 1 N–H and O–H groups in total. The van der Waals surface area contributed by atoms with E-state index >= 15 is 0 Å². The average Bonchev–Trinajstić information content (AvgIpc) is 2.85. The molecule has 3 heterocycles. The van der Waals surface area contributed by atoms with E-state index in [0.717, 1.165) is 30.7 Å². The molecule has 102 valence electrons. The molecule has 0 aromatic carbocycles. The minimum absolute atomic E-state index is 0.263. The molecule has 3 rings (SSSR count).